The predicted octanol–water partition coefficient (Wildman–Crippen LogP) is 8.44. The number of allylic oxidation sites excluding steroid dienone is 3. The Morgan fingerprint density at radius 2 is 1.71 bits per heavy atom. The summed E-state index contributed by atoms with van der Waals surface area (Å²) in [6, 6.07) is 19.7. The first kappa shape index (κ1) is 28.8. The van der Waals surface area contributed by atoms with Crippen LogP contribution in [0.4, 0.5) is 5.69 Å². The Morgan fingerprint density at radius 3 is 2.37 bits per heavy atom. The van der Waals surface area contributed by atoms with E-state index in [1.165, 1.54) is 0 Å². The van der Waals surface area contributed by atoms with Gasteiger partial charge in [-0.15, -0.1) is 0 Å². The second-order valence-corrected chi connectivity index (χ2v) is 12.6. The number of nitrogens with zero attached hydrogens (tertiary/aromatic N) is 2. The maximum absolute atomic E-state index is 14.0. The summed E-state index contributed by atoms with van der Waals surface area (Å²) in [5.41, 5.74) is 14.0. The molecular weight excluding hydrogens is 553 g/mol. The van der Waals surface area contributed by atoms with Crippen molar-refractivity contribution in [1.29, 1.82) is 5.26 Å². The molecule has 0 saturated heterocycles. The Balaban J connectivity index is 1.66. The molecule has 7 heteroatoms. The molecule has 2 N–H and O–H groups in total. The molecule has 1 unspecified atom stereocenters. The van der Waals surface area contributed by atoms with E-state index in [0.29, 0.717) is 46.3 Å². The zero-order valence-corrected chi connectivity index (χ0v) is 25.5. The summed E-state index contributed by atoms with van der Waals surface area (Å²) in [6.45, 7) is 10.6. The van der Waals surface area contributed by atoms with Gasteiger partial charge in [-0.2, -0.15) is 5.26 Å². The Labute approximate surface area is 251 Å². The number of benzene rings is 3. The van der Waals surface area contributed by atoms with Gasteiger partial charge in [-0.1, -0.05) is 66.9 Å². The summed E-state index contributed by atoms with van der Waals surface area (Å²) < 4.78 is 6.12. The molecular formula is C34H33Cl2N3O2. The summed E-state index contributed by atoms with van der Waals surface area (Å²) in [6.07, 6.45) is 0.989. The maximum atomic E-state index is 14.0. The first-order chi connectivity index (χ1) is 19.4. The van der Waals surface area contributed by atoms with E-state index in [1.54, 1.807) is 12.1 Å². The van der Waals surface area contributed by atoms with Crippen molar-refractivity contribution in [3.05, 3.63) is 115 Å². The number of anilines is 1. The van der Waals surface area contributed by atoms with Gasteiger partial charge in [0.1, 0.15) is 18.2 Å². The summed E-state index contributed by atoms with van der Waals surface area (Å²) >= 11 is 12.6. The van der Waals surface area contributed by atoms with E-state index in [2.05, 4.69) is 32.0 Å². The van der Waals surface area contributed by atoms with Crippen LogP contribution in [0, 0.1) is 37.5 Å². The zero-order chi connectivity index (χ0) is 29.6. The molecule has 3 aromatic carbocycles. The van der Waals surface area contributed by atoms with E-state index in [4.69, 9.17) is 33.7 Å². The predicted molar refractivity (Wildman–Crippen MR) is 165 cm³/mol. The lowest BCUT2D eigenvalue weighted by Gasteiger charge is -2.44. The number of Topliss-reactive ketones (excluding diaryl/α,β-unsaturated/α-hetero) is 1. The first-order valence-electron chi connectivity index (χ1n) is 13.6. The largest absolute Gasteiger partial charge is 0.489 e. The van der Waals surface area contributed by atoms with E-state index in [-0.39, 0.29) is 17.0 Å². The van der Waals surface area contributed by atoms with Gasteiger partial charge in [0.05, 0.1) is 27.6 Å². The number of nitriles is 1. The molecule has 0 radical (unpaired) electrons. The van der Waals surface area contributed by atoms with E-state index < -0.39 is 5.92 Å². The van der Waals surface area contributed by atoms with Gasteiger partial charge in [-0.25, -0.2) is 0 Å². The zero-order valence-electron chi connectivity index (χ0n) is 23.9. The van der Waals surface area contributed by atoms with Crippen molar-refractivity contribution < 1.29 is 9.53 Å². The Morgan fingerprint density at radius 1 is 1.00 bits per heavy atom. The molecule has 1 atom stereocenters. The number of hydrogen-bond acceptors (Lipinski definition) is 5. The van der Waals surface area contributed by atoms with Crippen LogP contribution in [-0.2, 0) is 11.4 Å². The number of rotatable bonds is 5. The van der Waals surface area contributed by atoms with Crippen molar-refractivity contribution in [3.63, 3.8) is 0 Å². The second-order valence-electron chi connectivity index (χ2n) is 11.8. The van der Waals surface area contributed by atoms with Crippen molar-refractivity contribution in [1.82, 2.24) is 0 Å². The van der Waals surface area contributed by atoms with Crippen molar-refractivity contribution in [2.45, 2.75) is 60.0 Å². The molecule has 0 fully saturated rings. The molecule has 210 valence electrons. The van der Waals surface area contributed by atoms with Gasteiger partial charge >= 0.3 is 0 Å². The van der Waals surface area contributed by atoms with E-state index in [1.807, 2.05) is 56.0 Å². The standard InChI is InChI=1S/C34H33Cl2N3O2/c1-19-6-9-24(10-7-19)41-18-22-13-25(21(3)12-20(22)2)31-26(17-37)33(38)39(23-8-11-27(35)28(36)14-23)29-15-34(4,5)16-30(40)32(29)31/h6-14,31H,15-16,18,38H2,1-5H3. The fourth-order valence-corrected chi connectivity index (χ4v) is 6.21. The lowest BCUT2D eigenvalue weighted by molar-refractivity contribution is -0.118. The normalized spacial score (nSPS) is 18.3. The lowest BCUT2D eigenvalue weighted by Crippen LogP contribution is -2.42. The van der Waals surface area contributed by atoms with Crippen LogP contribution in [-0.4, -0.2) is 5.78 Å². The Kier molecular flexibility index (Phi) is 7.68. The summed E-state index contributed by atoms with van der Waals surface area (Å²) in [5.74, 6) is 0.501. The molecule has 0 saturated carbocycles. The first-order valence-corrected chi connectivity index (χ1v) is 14.4. The van der Waals surface area contributed by atoms with Gasteiger partial charge < -0.3 is 10.5 Å². The minimum absolute atomic E-state index is 0.0176. The van der Waals surface area contributed by atoms with Crippen molar-refractivity contribution >= 4 is 34.7 Å². The molecule has 1 aliphatic heterocycles. The van der Waals surface area contributed by atoms with Crippen LogP contribution in [0.3, 0.4) is 0 Å². The van der Waals surface area contributed by atoms with Crippen molar-refractivity contribution in [3.8, 4) is 11.8 Å². The van der Waals surface area contributed by atoms with Crippen LogP contribution in [0.5, 0.6) is 5.75 Å². The van der Waals surface area contributed by atoms with E-state index in [0.717, 1.165) is 39.3 Å². The quantitative estimate of drug-likeness (QED) is 0.325. The van der Waals surface area contributed by atoms with Crippen LogP contribution >= 0.6 is 23.2 Å². The number of ketones is 1. The highest BCUT2D eigenvalue weighted by Crippen LogP contribution is 2.51. The summed E-state index contributed by atoms with van der Waals surface area (Å²) in [4.78, 5) is 15.8. The fourth-order valence-electron chi connectivity index (χ4n) is 5.92. The number of hydrogen-bond donors (Lipinski definition) is 1. The topological polar surface area (TPSA) is 79.3 Å². The number of nitrogens with two attached hydrogens (primary N) is 1. The van der Waals surface area contributed by atoms with E-state index >= 15 is 0 Å². The molecule has 5 nitrogen and oxygen atoms in total. The molecule has 5 rings (SSSR count). The Hall–Kier alpha value is -3.72. The molecule has 0 spiro atoms. The number of ether oxygens (including phenoxy) is 1. The second kappa shape index (κ2) is 10.9. The average Bonchev–Trinajstić information content (AvgIpc) is 2.90. The third-order valence-electron chi connectivity index (χ3n) is 7.99. The fraction of sp³-hybridized carbons (Fsp3) is 0.294. The van der Waals surface area contributed by atoms with Gasteiger partial charge in [0, 0.05) is 23.4 Å². The van der Waals surface area contributed by atoms with Gasteiger partial charge in [0.25, 0.3) is 0 Å². The molecule has 0 aromatic heterocycles. The van der Waals surface area contributed by atoms with Crippen molar-refractivity contribution in [2.24, 2.45) is 11.1 Å². The highest BCUT2D eigenvalue weighted by Gasteiger charge is 2.45. The van der Waals surface area contributed by atoms with Crippen LogP contribution in [0.15, 0.2) is 77.3 Å². The van der Waals surface area contributed by atoms with Gasteiger partial charge in [-0.05, 0) is 85.2 Å². The smallest absolute Gasteiger partial charge is 0.162 e. The van der Waals surface area contributed by atoms with Gasteiger partial charge in [0.15, 0.2) is 5.78 Å². The molecule has 0 bridgehead atoms. The van der Waals surface area contributed by atoms with Crippen molar-refractivity contribution in [2.75, 3.05) is 4.90 Å². The molecule has 2 aliphatic rings. The van der Waals surface area contributed by atoms with Crippen LogP contribution in [0.25, 0.3) is 0 Å². The highest BCUT2D eigenvalue weighted by molar-refractivity contribution is 6.42. The van der Waals surface area contributed by atoms with Crippen LogP contribution in [0.1, 0.15) is 60.4 Å². The lowest BCUT2D eigenvalue weighted by atomic mass is 9.68. The third kappa shape index (κ3) is 5.47. The maximum Gasteiger partial charge on any atom is 0.162 e. The molecule has 1 aliphatic carbocycles. The Bertz CT molecular complexity index is 1660. The molecule has 0 amide bonds. The average molecular weight is 587 g/mol. The minimum Gasteiger partial charge on any atom is -0.489 e. The SMILES string of the molecule is Cc1ccc(OCc2cc(C3C(C#N)=C(N)N(c4ccc(Cl)c(Cl)c4)C4=C3C(=O)CC(C)(C)C4)c(C)cc2C)cc1. The molecule has 41 heavy (non-hydrogen) atoms. The molecule has 3 aromatic rings. The highest BCUT2D eigenvalue weighted by atomic mass is 35.5. The number of aryl methyl sites for hydroxylation is 3. The number of halogens is 2. The van der Waals surface area contributed by atoms with Gasteiger partial charge in [0.2, 0.25) is 0 Å². The minimum atomic E-state index is -0.587. The summed E-state index contributed by atoms with van der Waals surface area (Å²) in [5, 5.41) is 11.3. The van der Waals surface area contributed by atoms with E-state index in [9.17, 15) is 10.1 Å². The number of carbonyl (C=O) groups is 1. The van der Waals surface area contributed by atoms with Gasteiger partial charge in [-0.3, -0.25) is 9.69 Å². The van der Waals surface area contributed by atoms with Crippen LogP contribution < -0.4 is 15.4 Å². The molecule has 1 heterocycles. The summed E-state index contributed by atoms with van der Waals surface area (Å²) in [7, 11) is 0. The third-order valence-corrected chi connectivity index (χ3v) is 8.73. The number of carbonyl (C=O) groups excluding carboxylic acids is 1. The monoisotopic (exact) mass is 585 g/mol. The van der Waals surface area contributed by atoms with Crippen LogP contribution in [0.2, 0.25) is 10.0 Å².